The van der Waals surface area contributed by atoms with Crippen LogP contribution in [-0.4, -0.2) is 21.0 Å². The number of hydrogen-bond acceptors (Lipinski definition) is 3. The fourth-order valence-electron chi connectivity index (χ4n) is 3.16. The topological polar surface area (TPSA) is 63.1 Å². The van der Waals surface area contributed by atoms with Crippen LogP contribution in [0.25, 0.3) is 0 Å². The number of aromatic nitrogens is 2. The van der Waals surface area contributed by atoms with E-state index in [2.05, 4.69) is 6.92 Å². The second-order valence-electron chi connectivity index (χ2n) is 6.63. The molecule has 0 radical (unpaired) electrons. The first-order valence-corrected chi connectivity index (χ1v) is 7.95. The van der Waals surface area contributed by atoms with Gasteiger partial charge in [0.05, 0.1) is 5.92 Å². The molecule has 2 rings (SSSR count). The summed E-state index contributed by atoms with van der Waals surface area (Å²) in [5.41, 5.74) is 2.89. The molecule has 1 N–H and O–H groups in total. The Morgan fingerprint density at radius 1 is 1.19 bits per heavy atom. The highest BCUT2D eigenvalue weighted by atomic mass is 16.4. The van der Waals surface area contributed by atoms with E-state index in [0.29, 0.717) is 12.3 Å². The molecule has 1 atom stereocenters. The molecule has 1 saturated carbocycles. The Morgan fingerprint density at radius 3 is 2.19 bits per heavy atom. The maximum absolute atomic E-state index is 11.0. The van der Waals surface area contributed by atoms with Crippen LogP contribution in [0.2, 0.25) is 0 Å². The molecule has 1 fully saturated rings. The third kappa shape index (κ3) is 3.80. The summed E-state index contributed by atoms with van der Waals surface area (Å²) < 4.78 is 0. The van der Waals surface area contributed by atoms with Crippen molar-refractivity contribution in [3.8, 4) is 0 Å². The molecule has 0 saturated heterocycles. The summed E-state index contributed by atoms with van der Waals surface area (Å²) in [7, 11) is 0. The van der Waals surface area contributed by atoms with Gasteiger partial charge >= 0.3 is 5.97 Å². The highest BCUT2D eigenvalue weighted by Crippen LogP contribution is 2.34. The normalized spacial score (nSPS) is 23.8. The Labute approximate surface area is 127 Å². The van der Waals surface area contributed by atoms with E-state index in [1.54, 1.807) is 6.92 Å². The Kier molecular flexibility index (Phi) is 4.96. The SMILES string of the molecule is Cc1nc(C2CCC(C)CC2)nc(C)c1CC(C)C(=O)O. The first-order chi connectivity index (χ1) is 9.88. The van der Waals surface area contributed by atoms with E-state index >= 15 is 0 Å². The lowest BCUT2D eigenvalue weighted by Crippen LogP contribution is -2.18. The van der Waals surface area contributed by atoms with Crippen LogP contribution in [0.15, 0.2) is 0 Å². The molecule has 116 valence electrons. The third-order valence-corrected chi connectivity index (χ3v) is 4.75. The van der Waals surface area contributed by atoms with Crippen LogP contribution >= 0.6 is 0 Å². The Morgan fingerprint density at radius 2 is 1.71 bits per heavy atom. The van der Waals surface area contributed by atoms with Gasteiger partial charge in [-0.3, -0.25) is 4.79 Å². The number of rotatable bonds is 4. The molecular formula is C17H26N2O2. The van der Waals surface area contributed by atoms with Crippen LogP contribution in [-0.2, 0) is 11.2 Å². The molecule has 1 aromatic heterocycles. The largest absolute Gasteiger partial charge is 0.481 e. The van der Waals surface area contributed by atoms with Crippen molar-refractivity contribution < 1.29 is 9.90 Å². The van der Waals surface area contributed by atoms with E-state index in [1.807, 2.05) is 13.8 Å². The van der Waals surface area contributed by atoms with Crippen molar-refractivity contribution in [2.75, 3.05) is 0 Å². The molecule has 1 heterocycles. The molecule has 0 bridgehead atoms. The van der Waals surface area contributed by atoms with Gasteiger partial charge in [0.1, 0.15) is 5.82 Å². The quantitative estimate of drug-likeness (QED) is 0.919. The van der Waals surface area contributed by atoms with Gasteiger partial charge < -0.3 is 5.11 Å². The van der Waals surface area contributed by atoms with Crippen LogP contribution in [0.3, 0.4) is 0 Å². The van der Waals surface area contributed by atoms with Crippen LogP contribution in [0.1, 0.15) is 68.2 Å². The Bertz CT molecular complexity index is 497. The summed E-state index contributed by atoms with van der Waals surface area (Å²) in [6.07, 6.45) is 5.36. The average molecular weight is 290 g/mol. The first-order valence-electron chi connectivity index (χ1n) is 7.95. The van der Waals surface area contributed by atoms with E-state index in [-0.39, 0.29) is 0 Å². The van der Waals surface area contributed by atoms with E-state index in [0.717, 1.165) is 28.7 Å². The van der Waals surface area contributed by atoms with Gasteiger partial charge in [-0.15, -0.1) is 0 Å². The lowest BCUT2D eigenvalue weighted by Gasteiger charge is -2.26. The fraction of sp³-hybridized carbons (Fsp3) is 0.706. The number of nitrogens with zero attached hydrogens (tertiary/aromatic N) is 2. The van der Waals surface area contributed by atoms with Crippen LogP contribution < -0.4 is 0 Å². The van der Waals surface area contributed by atoms with Crippen molar-refractivity contribution in [1.82, 2.24) is 9.97 Å². The summed E-state index contributed by atoms with van der Waals surface area (Å²) >= 11 is 0. The maximum Gasteiger partial charge on any atom is 0.306 e. The second-order valence-corrected chi connectivity index (χ2v) is 6.63. The van der Waals surface area contributed by atoms with Crippen molar-refractivity contribution in [2.24, 2.45) is 11.8 Å². The van der Waals surface area contributed by atoms with Gasteiger partial charge in [0.15, 0.2) is 0 Å². The van der Waals surface area contributed by atoms with E-state index in [4.69, 9.17) is 15.1 Å². The molecule has 0 spiro atoms. The van der Waals surface area contributed by atoms with E-state index in [1.165, 1.54) is 25.7 Å². The summed E-state index contributed by atoms with van der Waals surface area (Å²) in [4.78, 5) is 20.4. The molecule has 1 aliphatic carbocycles. The van der Waals surface area contributed by atoms with Crippen molar-refractivity contribution in [3.05, 3.63) is 22.8 Å². The smallest absolute Gasteiger partial charge is 0.306 e. The molecule has 0 amide bonds. The minimum absolute atomic E-state index is 0.396. The van der Waals surface area contributed by atoms with E-state index < -0.39 is 11.9 Å². The van der Waals surface area contributed by atoms with Gasteiger partial charge in [0, 0.05) is 17.3 Å². The number of aryl methyl sites for hydroxylation is 2. The monoisotopic (exact) mass is 290 g/mol. The first kappa shape index (κ1) is 15.9. The number of carbonyl (C=O) groups is 1. The summed E-state index contributed by atoms with van der Waals surface area (Å²) in [5, 5.41) is 9.07. The molecule has 1 aromatic rings. The van der Waals surface area contributed by atoms with Gasteiger partial charge in [-0.2, -0.15) is 0 Å². The molecule has 1 aliphatic rings. The molecule has 21 heavy (non-hydrogen) atoms. The van der Waals surface area contributed by atoms with Gasteiger partial charge in [-0.05, 0) is 44.6 Å². The summed E-state index contributed by atoms with van der Waals surface area (Å²) in [6.45, 7) is 8.00. The highest BCUT2D eigenvalue weighted by molar-refractivity contribution is 5.70. The van der Waals surface area contributed by atoms with Crippen molar-refractivity contribution >= 4 is 5.97 Å². The predicted molar refractivity (Wildman–Crippen MR) is 82.4 cm³/mol. The lowest BCUT2D eigenvalue weighted by atomic mass is 9.82. The average Bonchev–Trinajstić information content (AvgIpc) is 2.43. The van der Waals surface area contributed by atoms with Crippen molar-refractivity contribution in [2.45, 2.75) is 65.7 Å². The third-order valence-electron chi connectivity index (χ3n) is 4.75. The zero-order valence-corrected chi connectivity index (χ0v) is 13.5. The van der Waals surface area contributed by atoms with Crippen LogP contribution in [0.4, 0.5) is 0 Å². The minimum atomic E-state index is -0.765. The molecule has 1 unspecified atom stereocenters. The molecule has 0 aliphatic heterocycles. The second kappa shape index (κ2) is 6.54. The predicted octanol–water partition coefficient (Wildman–Crippen LogP) is 3.65. The Hall–Kier alpha value is -1.45. The van der Waals surface area contributed by atoms with Crippen molar-refractivity contribution in [3.63, 3.8) is 0 Å². The standard InChI is InChI=1S/C17H26N2O2/c1-10-5-7-14(8-6-10)16-18-12(3)15(13(4)19-16)9-11(2)17(20)21/h10-11,14H,5-9H2,1-4H3,(H,20,21). The lowest BCUT2D eigenvalue weighted by molar-refractivity contribution is -0.141. The van der Waals surface area contributed by atoms with Gasteiger partial charge in [-0.1, -0.05) is 26.7 Å². The summed E-state index contributed by atoms with van der Waals surface area (Å²) in [6, 6.07) is 0. The number of carboxylic acid groups (broad SMARTS) is 1. The van der Waals surface area contributed by atoms with E-state index in [9.17, 15) is 4.79 Å². The zero-order valence-electron chi connectivity index (χ0n) is 13.5. The van der Waals surface area contributed by atoms with Crippen molar-refractivity contribution in [1.29, 1.82) is 0 Å². The molecule has 4 nitrogen and oxygen atoms in total. The van der Waals surface area contributed by atoms with Gasteiger partial charge in [0.2, 0.25) is 0 Å². The number of hydrogen-bond donors (Lipinski definition) is 1. The maximum atomic E-state index is 11.0. The zero-order chi connectivity index (χ0) is 15.6. The van der Waals surface area contributed by atoms with Gasteiger partial charge in [0.25, 0.3) is 0 Å². The molecule has 0 aromatic carbocycles. The number of carboxylic acids is 1. The molecule has 4 heteroatoms. The van der Waals surface area contributed by atoms with Gasteiger partial charge in [-0.25, -0.2) is 9.97 Å². The summed E-state index contributed by atoms with van der Waals surface area (Å²) in [5.74, 6) is 1.10. The van der Waals surface area contributed by atoms with Crippen LogP contribution in [0.5, 0.6) is 0 Å². The van der Waals surface area contributed by atoms with Crippen LogP contribution in [0, 0.1) is 25.7 Å². The minimum Gasteiger partial charge on any atom is -0.481 e. The fourth-order valence-corrected chi connectivity index (χ4v) is 3.16. The number of aliphatic carboxylic acids is 1. The molecular weight excluding hydrogens is 264 g/mol. The Balaban J connectivity index is 2.18. The highest BCUT2D eigenvalue weighted by Gasteiger charge is 2.24.